The molecule has 2 fully saturated rings. The van der Waals surface area contributed by atoms with E-state index in [0.29, 0.717) is 11.5 Å². The topological polar surface area (TPSA) is 18.5 Å². The lowest BCUT2D eigenvalue weighted by Gasteiger charge is -2.50. The van der Waals surface area contributed by atoms with Crippen molar-refractivity contribution in [3.8, 4) is 5.75 Å². The summed E-state index contributed by atoms with van der Waals surface area (Å²) in [5.41, 5.74) is 3.56. The molecule has 0 saturated heterocycles. The van der Waals surface area contributed by atoms with E-state index >= 15 is 0 Å². The SMILES string of the molecule is COc1ccc2c(c1)CCC1C2CC[C@@]2(C)C1CC[C@@H]2OC. The van der Waals surface area contributed by atoms with Crippen molar-refractivity contribution < 1.29 is 9.47 Å². The first-order valence-corrected chi connectivity index (χ1v) is 8.87. The maximum absolute atomic E-state index is 5.85. The van der Waals surface area contributed by atoms with Crippen LogP contribution in [0.1, 0.15) is 56.1 Å². The van der Waals surface area contributed by atoms with Crippen molar-refractivity contribution in [1.82, 2.24) is 0 Å². The molecule has 1 aromatic rings. The van der Waals surface area contributed by atoms with Crippen molar-refractivity contribution in [2.24, 2.45) is 17.3 Å². The van der Waals surface area contributed by atoms with E-state index in [1.165, 1.54) is 44.1 Å². The average Bonchev–Trinajstić information content (AvgIpc) is 2.90. The van der Waals surface area contributed by atoms with E-state index in [4.69, 9.17) is 9.47 Å². The quantitative estimate of drug-likeness (QED) is 0.796. The van der Waals surface area contributed by atoms with Crippen LogP contribution in [0.15, 0.2) is 18.2 Å². The summed E-state index contributed by atoms with van der Waals surface area (Å²) in [5.74, 6) is 3.49. The zero-order valence-electron chi connectivity index (χ0n) is 14.1. The smallest absolute Gasteiger partial charge is 0.119 e. The van der Waals surface area contributed by atoms with Gasteiger partial charge < -0.3 is 9.47 Å². The van der Waals surface area contributed by atoms with Crippen molar-refractivity contribution in [2.45, 2.75) is 57.5 Å². The normalized spacial score (nSPS) is 39.8. The van der Waals surface area contributed by atoms with Crippen LogP contribution in [0.4, 0.5) is 0 Å². The van der Waals surface area contributed by atoms with Crippen LogP contribution in [0, 0.1) is 17.3 Å². The lowest BCUT2D eigenvalue weighted by molar-refractivity contribution is -0.0444. The van der Waals surface area contributed by atoms with Crippen LogP contribution in [-0.4, -0.2) is 20.3 Å². The number of ether oxygens (including phenoxy) is 2. The van der Waals surface area contributed by atoms with Crippen LogP contribution in [0.3, 0.4) is 0 Å². The highest BCUT2D eigenvalue weighted by Gasteiger charge is 2.54. The predicted octanol–water partition coefficient (Wildman–Crippen LogP) is 4.57. The first-order chi connectivity index (χ1) is 10.7. The monoisotopic (exact) mass is 300 g/mol. The maximum Gasteiger partial charge on any atom is 0.119 e. The van der Waals surface area contributed by atoms with Crippen LogP contribution < -0.4 is 4.74 Å². The van der Waals surface area contributed by atoms with E-state index in [0.717, 1.165) is 23.5 Å². The van der Waals surface area contributed by atoms with Crippen LogP contribution in [0.5, 0.6) is 5.75 Å². The fourth-order valence-electron chi connectivity index (χ4n) is 6.02. The molecule has 2 saturated carbocycles. The number of aryl methyl sites for hydroxylation is 1. The highest BCUT2D eigenvalue weighted by atomic mass is 16.5. The van der Waals surface area contributed by atoms with Gasteiger partial charge in [-0.1, -0.05) is 13.0 Å². The Bertz CT molecular complexity index is 567. The fourth-order valence-corrected chi connectivity index (χ4v) is 6.02. The summed E-state index contributed by atoms with van der Waals surface area (Å²) in [5, 5.41) is 0. The van der Waals surface area contributed by atoms with Gasteiger partial charge in [-0.3, -0.25) is 0 Å². The summed E-state index contributed by atoms with van der Waals surface area (Å²) in [7, 11) is 3.68. The number of methoxy groups -OCH3 is 2. The number of benzene rings is 1. The van der Waals surface area contributed by atoms with Gasteiger partial charge in [0.2, 0.25) is 0 Å². The minimum atomic E-state index is 0.417. The molecule has 0 aliphatic heterocycles. The molecule has 4 rings (SSSR count). The maximum atomic E-state index is 5.85. The fraction of sp³-hybridized carbons (Fsp3) is 0.700. The minimum Gasteiger partial charge on any atom is -0.497 e. The molecule has 3 aliphatic rings. The standard InChI is InChI=1S/C20H28O2/c1-20-11-10-16-15-7-5-14(21-2)12-13(15)4-6-17(16)18(20)8-9-19(20)22-3/h5,7,12,16-19H,4,6,8-11H2,1-3H3/t16?,17?,18?,19-,20-/m0/s1. The number of hydrogen-bond acceptors (Lipinski definition) is 2. The molecule has 3 unspecified atom stereocenters. The van der Waals surface area contributed by atoms with Crippen LogP contribution in [0.2, 0.25) is 0 Å². The van der Waals surface area contributed by atoms with E-state index in [2.05, 4.69) is 25.1 Å². The third-order valence-electron chi connectivity index (χ3n) is 7.13. The molecular formula is C20H28O2. The Balaban J connectivity index is 1.66. The molecule has 2 nitrogen and oxygen atoms in total. The Morgan fingerprint density at radius 1 is 1.09 bits per heavy atom. The van der Waals surface area contributed by atoms with Crippen molar-refractivity contribution in [3.05, 3.63) is 29.3 Å². The molecule has 0 amide bonds. The lowest BCUT2D eigenvalue weighted by Crippen LogP contribution is -2.44. The molecule has 0 aromatic heterocycles. The Labute approximate surface area is 134 Å². The molecule has 120 valence electrons. The van der Waals surface area contributed by atoms with Crippen LogP contribution in [-0.2, 0) is 11.2 Å². The Morgan fingerprint density at radius 3 is 2.73 bits per heavy atom. The molecule has 1 aromatic carbocycles. The molecule has 0 spiro atoms. The summed E-state index contributed by atoms with van der Waals surface area (Å²) >= 11 is 0. The largest absolute Gasteiger partial charge is 0.497 e. The highest BCUT2D eigenvalue weighted by Crippen LogP contribution is 2.61. The van der Waals surface area contributed by atoms with Gasteiger partial charge in [0.1, 0.15) is 5.75 Å². The molecule has 3 aliphatic carbocycles. The van der Waals surface area contributed by atoms with Gasteiger partial charge in [0, 0.05) is 7.11 Å². The van der Waals surface area contributed by atoms with E-state index in [9.17, 15) is 0 Å². The third kappa shape index (κ3) is 1.96. The van der Waals surface area contributed by atoms with Gasteiger partial charge in [-0.15, -0.1) is 0 Å². The van der Waals surface area contributed by atoms with E-state index < -0.39 is 0 Å². The second-order valence-electron chi connectivity index (χ2n) is 7.83. The molecular weight excluding hydrogens is 272 g/mol. The van der Waals surface area contributed by atoms with Gasteiger partial charge in [0.15, 0.2) is 0 Å². The van der Waals surface area contributed by atoms with E-state index in [1.54, 1.807) is 12.7 Å². The Morgan fingerprint density at radius 2 is 1.95 bits per heavy atom. The first kappa shape index (κ1) is 14.6. The van der Waals surface area contributed by atoms with Gasteiger partial charge in [0.25, 0.3) is 0 Å². The van der Waals surface area contributed by atoms with Gasteiger partial charge >= 0.3 is 0 Å². The average molecular weight is 300 g/mol. The van der Waals surface area contributed by atoms with Gasteiger partial charge in [-0.05, 0) is 85.0 Å². The number of rotatable bonds is 2. The molecule has 5 atom stereocenters. The molecule has 22 heavy (non-hydrogen) atoms. The first-order valence-electron chi connectivity index (χ1n) is 8.87. The van der Waals surface area contributed by atoms with Gasteiger partial charge in [-0.2, -0.15) is 0 Å². The van der Waals surface area contributed by atoms with Crippen LogP contribution in [0.25, 0.3) is 0 Å². The number of hydrogen-bond donors (Lipinski definition) is 0. The van der Waals surface area contributed by atoms with Crippen molar-refractivity contribution >= 4 is 0 Å². The Kier molecular flexibility index (Phi) is 3.48. The van der Waals surface area contributed by atoms with Crippen LogP contribution >= 0.6 is 0 Å². The molecule has 0 heterocycles. The van der Waals surface area contributed by atoms with Crippen molar-refractivity contribution in [1.29, 1.82) is 0 Å². The van der Waals surface area contributed by atoms with Crippen molar-refractivity contribution in [2.75, 3.05) is 14.2 Å². The summed E-state index contributed by atoms with van der Waals surface area (Å²) < 4.78 is 11.3. The summed E-state index contributed by atoms with van der Waals surface area (Å²) in [6.45, 7) is 2.50. The van der Waals surface area contributed by atoms with E-state index in [-0.39, 0.29) is 0 Å². The summed E-state index contributed by atoms with van der Waals surface area (Å²) in [6.07, 6.45) is 8.33. The lowest BCUT2D eigenvalue weighted by atomic mass is 9.55. The minimum absolute atomic E-state index is 0.417. The van der Waals surface area contributed by atoms with Crippen molar-refractivity contribution in [3.63, 3.8) is 0 Å². The third-order valence-corrected chi connectivity index (χ3v) is 7.13. The molecule has 0 N–H and O–H groups in total. The van der Waals surface area contributed by atoms with Gasteiger partial charge in [-0.25, -0.2) is 0 Å². The second kappa shape index (κ2) is 5.26. The zero-order chi connectivity index (χ0) is 15.3. The van der Waals surface area contributed by atoms with Gasteiger partial charge in [0.05, 0.1) is 13.2 Å². The number of fused-ring (bicyclic) bond motifs is 5. The summed E-state index contributed by atoms with van der Waals surface area (Å²) in [6, 6.07) is 6.77. The molecule has 0 radical (unpaired) electrons. The highest BCUT2D eigenvalue weighted by molar-refractivity contribution is 5.40. The second-order valence-corrected chi connectivity index (χ2v) is 7.83. The zero-order valence-corrected chi connectivity index (χ0v) is 14.1. The molecule has 2 heteroatoms. The van der Waals surface area contributed by atoms with E-state index in [1.807, 2.05) is 7.11 Å². The Hall–Kier alpha value is -1.02. The predicted molar refractivity (Wildman–Crippen MR) is 88.4 cm³/mol. The molecule has 0 bridgehead atoms. The summed E-state index contributed by atoms with van der Waals surface area (Å²) in [4.78, 5) is 0.